The second-order valence-electron chi connectivity index (χ2n) is 6.76. The summed E-state index contributed by atoms with van der Waals surface area (Å²) in [4.78, 5) is 2.20. The predicted molar refractivity (Wildman–Crippen MR) is 107 cm³/mol. The second kappa shape index (κ2) is 7.89. The van der Waals surface area contributed by atoms with E-state index in [-0.39, 0.29) is 6.10 Å². The van der Waals surface area contributed by atoms with Gasteiger partial charge in [0.2, 0.25) is 0 Å². The van der Waals surface area contributed by atoms with Gasteiger partial charge >= 0.3 is 0 Å². The maximum Gasteiger partial charge on any atom is 0.0656 e. The van der Waals surface area contributed by atoms with Crippen LogP contribution in [0.15, 0.2) is 36.4 Å². The van der Waals surface area contributed by atoms with Crippen LogP contribution in [0.25, 0.3) is 11.1 Å². The molecule has 0 bridgehead atoms. The summed E-state index contributed by atoms with van der Waals surface area (Å²) in [6.45, 7) is 3.74. The fourth-order valence-corrected chi connectivity index (χ4v) is 3.43. The van der Waals surface area contributed by atoms with Crippen LogP contribution in [-0.4, -0.2) is 31.9 Å². The molecule has 3 N–H and O–H groups in total. The van der Waals surface area contributed by atoms with E-state index in [2.05, 4.69) is 65.9 Å². The van der Waals surface area contributed by atoms with Crippen molar-refractivity contribution in [2.24, 2.45) is 0 Å². The number of hydrogen-bond acceptors (Lipinski definition) is 4. The number of anilines is 3. The molecule has 1 atom stereocenters. The molecule has 1 aliphatic heterocycles. The third kappa shape index (κ3) is 3.97. The fourth-order valence-electron chi connectivity index (χ4n) is 3.43. The van der Waals surface area contributed by atoms with Gasteiger partial charge in [0.25, 0.3) is 0 Å². The number of nitrogens with zero attached hydrogens (tertiary/aromatic N) is 1. The first-order valence-corrected chi connectivity index (χ1v) is 9.22. The molecule has 1 heterocycles. The number of aliphatic hydroxyl groups excluding tert-OH is 1. The Morgan fingerprint density at radius 2 is 1.96 bits per heavy atom. The van der Waals surface area contributed by atoms with Gasteiger partial charge in [-0.15, -0.1) is 0 Å². The summed E-state index contributed by atoms with van der Waals surface area (Å²) < 4.78 is 0. The SMILES string of the molecule is CCCC(O)CCNCc1cccc(-c2ccc3c(c2)N3C)c1NC. The summed E-state index contributed by atoms with van der Waals surface area (Å²) in [5.74, 6) is 0. The highest BCUT2D eigenvalue weighted by Gasteiger charge is 2.25. The first-order valence-electron chi connectivity index (χ1n) is 9.22. The normalized spacial score (nSPS) is 13.5. The summed E-state index contributed by atoms with van der Waals surface area (Å²) in [7, 11) is 4.08. The molecule has 1 aliphatic rings. The average molecular weight is 339 g/mol. The Hall–Kier alpha value is -2.04. The molecule has 0 aliphatic carbocycles. The topological polar surface area (TPSA) is 47.3 Å². The molecule has 0 saturated carbocycles. The monoisotopic (exact) mass is 339 g/mol. The van der Waals surface area contributed by atoms with Crippen molar-refractivity contribution >= 4 is 17.1 Å². The first kappa shape index (κ1) is 17.8. The quantitative estimate of drug-likeness (QED) is 0.475. The van der Waals surface area contributed by atoms with Crippen molar-refractivity contribution in [2.45, 2.75) is 38.8 Å². The Morgan fingerprint density at radius 3 is 2.68 bits per heavy atom. The zero-order valence-corrected chi connectivity index (χ0v) is 15.5. The van der Waals surface area contributed by atoms with Gasteiger partial charge in [-0.25, -0.2) is 0 Å². The maximum atomic E-state index is 9.84. The van der Waals surface area contributed by atoms with Gasteiger partial charge in [0.15, 0.2) is 0 Å². The van der Waals surface area contributed by atoms with Crippen LogP contribution in [0, 0.1) is 0 Å². The molecule has 0 amide bonds. The second-order valence-corrected chi connectivity index (χ2v) is 6.76. The van der Waals surface area contributed by atoms with Crippen molar-refractivity contribution in [1.29, 1.82) is 0 Å². The average Bonchev–Trinajstić information content (AvgIpc) is 3.28. The number of benzene rings is 2. The van der Waals surface area contributed by atoms with Crippen LogP contribution in [0.1, 0.15) is 31.7 Å². The summed E-state index contributed by atoms with van der Waals surface area (Å²) in [5, 5.41) is 16.7. The number of para-hydroxylation sites is 1. The van der Waals surface area contributed by atoms with E-state index in [0.717, 1.165) is 32.4 Å². The van der Waals surface area contributed by atoms with Gasteiger partial charge in [0.05, 0.1) is 17.5 Å². The number of nitrogens with one attached hydrogen (secondary N) is 2. The largest absolute Gasteiger partial charge is 0.393 e. The summed E-state index contributed by atoms with van der Waals surface area (Å²) in [6.07, 6.45) is 2.53. The van der Waals surface area contributed by atoms with Crippen molar-refractivity contribution in [3.8, 4) is 11.1 Å². The standard InChI is InChI=1S/C21H29N3O/c1-4-6-17(25)11-12-23-14-16-7-5-8-18(21(16)22-2)15-9-10-19-20(13-15)24(19)3/h5,7-10,13,17,22-23,25H,4,6,11-12,14H2,1-3H3. The third-order valence-corrected chi connectivity index (χ3v) is 4.95. The van der Waals surface area contributed by atoms with Gasteiger partial charge in [-0.1, -0.05) is 37.6 Å². The molecule has 134 valence electrons. The smallest absolute Gasteiger partial charge is 0.0656 e. The van der Waals surface area contributed by atoms with E-state index in [9.17, 15) is 5.11 Å². The minimum atomic E-state index is -0.192. The van der Waals surface area contributed by atoms with Crippen LogP contribution < -0.4 is 15.5 Å². The third-order valence-electron chi connectivity index (χ3n) is 4.95. The maximum absolute atomic E-state index is 9.84. The van der Waals surface area contributed by atoms with E-state index in [1.54, 1.807) is 0 Å². The van der Waals surface area contributed by atoms with Crippen LogP contribution in [0.4, 0.5) is 17.1 Å². The van der Waals surface area contributed by atoms with Gasteiger partial charge in [-0.3, -0.25) is 0 Å². The Labute approximate surface area is 150 Å². The van der Waals surface area contributed by atoms with Crippen LogP contribution in [0.3, 0.4) is 0 Å². The number of fused-ring (bicyclic) bond motifs is 1. The highest BCUT2D eigenvalue weighted by atomic mass is 16.3. The molecule has 2 aromatic rings. The van der Waals surface area contributed by atoms with Gasteiger partial charge in [-0.2, -0.15) is 0 Å². The van der Waals surface area contributed by atoms with Gasteiger partial charge in [-0.05, 0) is 42.6 Å². The molecule has 4 nitrogen and oxygen atoms in total. The van der Waals surface area contributed by atoms with Gasteiger partial charge in [0.1, 0.15) is 0 Å². The van der Waals surface area contributed by atoms with E-state index >= 15 is 0 Å². The Kier molecular flexibility index (Phi) is 5.61. The lowest BCUT2D eigenvalue weighted by molar-refractivity contribution is 0.153. The molecule has 0 spiro atoms. The molecule has 3 rings (SSSR count). The molecule has 0 fully saturated rings. The predicted octanol–water partition coefficient (Wildman–Crippen LogP) is 4.12. The van der Waals surface area contributed by atoms with Crippen LogP contribution in [0.5, 0.6) is 0 Å². The highest BCUT2D eigenvalue weighted by Crippen LogP contribution is 2.48. The van der Waals surface area contributed by atoms with Crippen molar-refractivity contribution in [3.05, 3.63) is 42.0 Å². The molecule has 0 aromatic heterocycles. The van der Waals surface area contributed by atoms with E-state index < -0.39 is 0 Å². The Bertz CT molecular complexity index is 729. The lowest BCUT2D eigenvalue weighted by Crippen LogP contribution is -2.20. The summed E-state index contributed by atoms with van der Waals surface area (Å²) in [5.41, 5.74) is 7.53. The van der Waals surface area contributed by atoms with Crippen LogP contribution >= 0.6 is 0 Å². The van der Waals surface area contributed by atoms with Crippen molar-refractivity contribution in [2.75, 3.05) is 30.9 Å². The van der Waals surface area contributed by atoms with E-state index in [4.69, 9.17) is 0 Å². The van der Waals surface area contributed by atoms with Gasteiger partial charge < -0.3 is 20.6 Å². The fraction of sp³-hybridized carbons (Fsp3) is 0.429. The molecule has 1 unspecified atom stereocenters. The number of rotatable bonds is 9. The van der Waals surface area contributed by atoms with Crippen molar-refractivity contribution in [1.82, 2.24) is 5.32 Å². The van der Waals surface area contributed by atoms with Crippen molar-refractivity contribution < 1.29 is 5.11 Å². The van der Waals surface area contributed by atoms with E-state index in [1.807, 2.05) is 7.05 Å². The molecule has 2 aromatic carbocycles. The molecule has 0 saturated heterocycles. The van der Waals surface area contributed by atoms with Crippen LogP contribution in [-0.2, 0) is 6.54 Å². The molecule has 25 heavy (non-hydrogen) atoms. The zero-order chi connectivity index (χ0) is 17.8. The zero-order valence-electron chi connectivity index (χ0n) is 15.5. The summed E-state index contributed by atoms with van der Waals surface area (Å²) >= 11 is 0. The summed E-state index contributed by atoms with van der Waals surface area (Å²) in [6, 6.07) is 13.1. The Morgan fingerprint density at radius 1 is 1.12 bits per heavy atom. The van der Waals surface area contributed by atoms with Gasteiger partial charge in [0, 0.05) is 31.9 Å². The van der Waals surface area contributed by atoms with E-state index in [1.165, 1.54) is 33.8 Å². The van der Waals surface area contributed by atoms with Crippen LogP contribution in [0.2, 0.25) is 0 Å². The number of aliphatic hydroxyl groups is 1. The lowest BCUT2D eigenvalue weighted by atomic mass is 10.00. The lowest BCUT2D eigenvalue weighted by Gasteiger charge is -2.16. The highest BCUT2D eigenvalue weighted by molar-refractivity contribution is 5.96. The molecule has 0 radical (unpaired) electrons. The van der Waals surface area contributed by atoms with E-state index in [0.29, 0.717) is 0 Å². The molecular weight excluding hydrogens is 310 g/mol. The molecular formula is C21H29N3O. The Balaban J connectivity index is 1.69. The minimum absolute atomic E-state index is 0.192. The molecule has 4 heteroatoms. The van der Waals surface area contributed by atoms with Crippen molar-refractivity contribution in [3.63, 3.8) is 0 Å². The minimum Gasteiger partial charge on any atom is -0.393 e. The first-order chi connectivity index (χ1) is 12.2. The number of hydrogen-bond donors (Lipinski definition) is 3.